The molecule has 0 radical (unpaired) electrons. The van der Waals surface area contributed by atoms with Gasteiger partial charge in [-0.05, 0) is 12.8 Å². The molecule has 3 heteroatoms. The van der Waals surface area contributed by atoms with Gasteiger partial charge in [-0.25, -0.2) is 0 Å². The van der Waals surface area contributed by atoms with Gasteiger partial charge in [0.15, 0.2) is 6.29 Å². The first-order valence-corrected chi connectivity index (χ1v) is 9.95. The van der Waals surface area contributed by atoms with Gasteiger partial charge in [0.25, 0.3) is 0 Å². The Kier molecular flexibility index (Phi) is 19.0. The number of nitrogens with zero attached hydrogens (tertiary/aromatic N) is 1. The average Bonchev–Trinajstić information content (AvgIpc) is 2.57. The van der Waals surface area contributed by atoms with Gasteiger partial charge in [0.2, 0.25) is 0 Å². The molecule has 3 nitrogen and oxygen atoms in total. The second-order valence-electron chi connectivity index (χ2n) is 6.40. The Balaban J connectivity index is 3.58. The molecule has 0 aromatic heterocycles. The van der Waals surface area contributed by atoms with Crippen molar-refractivity contribution in [3.8, 4) is 6.07 Å². The topological polar surface area (TPSA) is 42.2 Å². The summed E-state index contributed by atoms with van der Waals surface area (Å²) >= 11 is 0. The fourth-order valence-corrected chi connectivity index (χ4v) is 2.59. The summed E-state index contributed by atoms with van der Waals surface area (Å²) in [6.07, 6.45) is 16.3. The van der Waals surface area contributed by atoms with Crippen LogP contribution in [0.2, 0.25) is 0 Å². The van der Waals surface area contributed by atoms with Crippen molar-refractivity contribution in [1.82, 2.24) is 0 Å². The molecule has 23 heavy (non-hydrogen) atoms. The average molecular weight is 326 g/mol. The third kappa shape index (κ3) is 17.6. The van der Waals surface area contributed by atoms with Crippen LogP contribution in [-0.2, 0) is 9.47 Å². The number of hydrogen-bond donors (Lipinski definition) is 0. The van der Waals surface area contributed by atoms with Crippen molar-refractivity contribution < 1.29 is 9.47 Å². The SMILES string of the molecule is CCCCCCCCOC(CCC#N)OCCCCCCCC. The molecule has 0 fully saturated rings. The highest BCUT2D eigenvalue weighted by Crippen LogP contribution is 2.10. The number of ether oxygens (including phenoxy) is 2. The van der Waals surface area contributed by atoms with E-state index in [0.29, 0.717) is 12.8 Å². The van der Waals surface area contributed by atoms with Crippen molar-refractivity contribution >= 4 is 0 Å². The Hall–Kier alpha value is -0.590. The maximum absolute atomic E-state index is 8.74. The van der Waals surface area contributed by atoms with Crippen LogP contribution in [0.1, 0.15) is 104 Å². The van der Waals surface area contributed by atoms with Gasteiger partial charge < -0.3 is 9.47 Å². The highest BCUT2D eigenvalue weighted by Gasteiger charge is 2.08. The van der Waals surface area contributed by atoms with Crippen LogP contribution in [0.3, 0.4) is 0 Å². The second kappa shape index (κ2) is 19.5. The van der Waals surface area contributed by atoms with E-state index in [4.69, 9.17) is 14.7 Å². The molecule has 0 aliphatic carbocycles. The van der Waals surface area contributed by atoms with E-state index in [-0.39, 0.29) is 6.29 Å². The standard InChI is InChI=1S/C20H39NO2/c1-3-5-7-9-11-13-18-22-20(16-15-17-21)23-19-14-12-10-8-6-4-2/h20H,3-16,18-19H2,1-2H3. The molecule has 0 N–H and O–H groups in total. The van der Waals surface area contributed by atoms with Gasteiger partial charge >= 0.3 is 0 Å². The first kappa shape index (κ1) is 22.4. The Bertz CT molecular complexity index is 245. The third-order valence-corrected chi connectivity index (χ3v) is 4.10. The molecule has 0 heterocycles. The van der Waals surface area contributed by atoms with Crippen LogP contribution >= 0.6 is 0 Å². The summed E-state index contributed by atoms with van der Waals surface area (Å²) in [7, 11) is 0. The van der Waals surface area contributed by atoms with Gasteiger partial charge in [-0.1, -0.05) is 78.1 Å². The van der Waals surface area contributed by atoms with Gasteiger partial charge in [-0.3, -0.25) is 0 Å². The molecule has 0 spiro atoms. The number of hydrogen-bond acceptors (Lipinski definition) is 3. The van der Waals surface area contributed by atoms with E-state index in [0.717, 1.165) is 26.1 Å². The van der Waals surface area contributed by atoms with Crippen LogP contribution in [0.15, 0.2) is 0 Å². The highest BCUT2D eigenvalue weighted by molar-refractivity contribution is 4.69. The van der Waals surface area contributed by atoms with Gasteiger partial charge in [0.1, 0.15) is 0 Å². The zero-order valence-corrected chi connectivity index (χ0v) is 15.7. The normalized spacial score (nSPS) is 11.0. The Morgan fingerprint density at radius 3 is 1.57 bits per heavy atom. The molecule has 0 aromatic carbocycles. The van der Waals surface area contributed by atoms with Crippen LogP contribution in [0.25, 0.3) is 0 Å². The van der Waals surface area contributed by atoms with Crippen LogP contribution in [-0.4, -0.2) is 19.5 Å². The summed E-state index contributed by atoms with van der Waals surface area (Å²) in [6.45, 7) is 6.01. The van der Waals surface area contributed by atoms with Crippen molar-refractivity contribution in [2.24, 2.45) is 0 Å². The Morgan fingerprint density at radius 1 is 0.696 bits per heavy atom. The maximum atomic E-state index is 8.74. The van der Waals surface area contributed by atoms with Gasteiger partial charge in [-0.2, -0.15) is 5.26 Å². The summed E-state index contributed by atoms with van der Waals surface area (Å²) in [5.41, 5.74) is 0. The molecular formula is C20H39NO2. The van der Waals surface area contributed by atoms with Crippen LogP contribution in [0, 0.1) is 11.3 Å². The van der Waals surface area contributed by atoms with E-state index >= 15 is 0 Å². The lowest BCUT2D eigenvalue weighted by molar-refractivity contribution is -0.146. The van der Waals surface area contributed by atoms with Crippen molar-refractivity contribution in [1.29, 1.82) is 5.26 Å². The molecule has 0 bridgehead atoms. The van der Waals surface area contributed by atoms with Gasteiger partial charge in [0.05, 0.1) is 6.07 Å². The Morgan fingerprint density at radius 2 is 1.13 bits per heavy atom. The number of nitriles is 1. The summed E-state index contributed by atoms with van der Waals surface area (Å²) in [4.78, 5) is 0. The smallest absolute Gasteiger partial charge is 0.158 e. The second-order valence-corrected chi connectivity index (χ2v) is 6.40. The van der Waals surface area contributed by atoms with Crippen LogP contribution in [0.5, 0.6) is 0 Å². The number of unbranched alkanes of at least 4 members (excludes halogenated alkanes) is 10. The van der Waals surface area contributed by atoms with Crippen molar-refractivity contribution in [2.45, 2.75) is 110 Å². The molecule has 136 valence electrons. The van der Waals surface area contributed by atoms with E-state index in [1.807, 2.05) is 0 Å². The lowest BCUT2D eigenvalue weighted by atomic mass is 10.1. The van der Waals surface area contributed by atoms with Crippen molar-refractivity contribution in [3.63, 3.8) is 0 Å². The van der Waals surface area contributed by atoms with Crippen LogP contribution < -0.4 is 0 Å². The molecule has 0 unspecified atom stereocenters. The highest BCUT2D eigenvalue weighted by atomic mass is 16.7. The van der Waals surface area contributed by atoms with Crippen molar-refractivity contribution in [2.75, 3.05) is 13.2 Å². The van der Waals surface area contributed by atoms with E-state index in [9.17, 15) is 0 Å². The summed E-state index contributed by atoms with van der Waals surface area (Å²) in [5, 5.41) is 8.74. The fourth-order valence-electron chi connectivity index (χ4n) is 2.59. The van der Waals surface area contributed by atoms with E-state index in [1.54, 1.807) is 0 Å². The van der Waals surface area contributed by atoms with Crippen molar-refractivity contribution in [3.05, 3.63) is 0 Å². The summed E-state index contributed by atoms with van der Waals surface area (Å²) in [6, 6.07) is 2.19. The molecule has 0 saturated heterocycles. The zero-order chi connectivity index (χ0) is 17.0. The molecule has 0 saturated carbocycles. The molecule has 0 amide bonds. The fraction of sp³-hybridized carbons (Fsp3) is 0.950. The Labute approximate surface area is 144 Å². The minimum atomic E-state index is -0.180. The first-order chi connectivity index (χ1) is 11.3. The predicted octanol–water partition coefficient (Wildman–Crippen LogP) is 6.37. The third-order valence-electron chi connectivity index (χ3n) is 4.10. The van der Waals surface area contributed by atoms with E-state index < -0.39 is 0 Å². The molecular weight excluding hydrogens is 286 g/mol. The predicted molar refractivity (Wildman–Crippen MR) is 97.3 cm³/mol. The molecule has 0 rings (SSSR count). The molecule has 0 atom stereocenters. The minimum Gasteiger partial charge on any atom is -0.353 e. The van der Waals surface area contributed by atoms with Gasteiger partial charge in [0, 0.05) is 26.1 Å². The summed E-state index contributed by atoms with van der Waals surface area (Å²) in [5.74, 6) is 0. The molecule has 0 aliphatic heterocycles. The molecule has 0 aliphatic rings. The first-order valence-electron chi connectivity index (χ1n) is 9.95. The zero-order valence-electron chi connectivity index (χ0n) is 15.7. The lowest BCUT2D eigenvalue weighted by Gasteiger charge is -2.17. The quantitative estimate of drug-likeness (QED) is 0.217. The largest absolute Gasteiger partial charge is 0.353 e. The van der Waals surface area contributed by atoms with Crippen LogP contribution in [0.4, 0.5) is 0 Å². The number of rotatable bonds is 18. The molecule has 0 aromatic rings. The van der Waals surface area contributed by atoms with E-state index in [1.165, 1.54) is 64.2 Å². The van der Waals surface area contributed by atoms with Gasteiger partial charge in [-0.15, -0.1) is 0 Å². The van der Waals surface area contributed by atoms with E-state index in [2.05, 4.69) is 19.9 Å². The minimum absolute atomic E-state index is 0.180. The monoisotopic (exact) mass is 325 g/mol. The maximum Gasteiger partial charge on any atom is 0.158 e. The lowest BCUT2D eigenvalue weighted by Crippen LogP contribution is -2.18. The summed E-state index contributed by atoms with van der Waals surface area (Å²) < 4.78 is 11.6.